The Kier molecular flexibility index (Phi) is 7.24. The Hall–Kier alpha value is -3.40. The molecule has 2 aromatic carbocycles. The molecule has 0 spiro atoms. The number of aromatic carboxylic acids is 1. The molecule has 0 aliphatic rings. The first kappa shape index (κ1) is 22.3. The number of thioether (sulfide) groups is 1. The van der Waals surface area contributed by atoms with Crippen LogP contribution >= 0.6 is 11.8 Å². The van der Waals surface area contributed by atoms with Crippen LogP contribution < -0.4 is 10.1 Å². The van der Waals surface area contributed by atoms with Crippen LogP contribution in [0.3, 0.4) is 0 Å². The summed E-state index contributed by atoms with van der Waals surface area (Å²) in [6.07, 6.45) is -0.431. The quantitative estimate of drug-likeness (QED) is 0.480. The third-order valence-electron chi connectivity index (χ3n) is 4.28. The van der Waals surface area contributed by atoms with Crippen molar-refractivity contribution in [1.82, 2.24) is 14.8 Å². The Morgan fingerprint density at radius 1 is 1.23 bits per heavy atom. The molecule has 10 heteroatoms. The summed E-state index contributed by atoms with van der Waals surface area (Å²) in [6.45, 7) is 4.32. The van der Waals surface area contributed by atoms with Gasteiger partial charge in [0.05, 0.1) is 11.3 Å². The van der Waals surface area contributed by atoms with E-state index in [0.717, 1.165) is 0 Å². The molecule has 1 unspecified atom stereocenters. The van der Waals surface area contributed by atoms with Gasteiger partial charge in [-0.05, 0) is 56.3 Å². The van der Waals surface area contributed by atoms with Gasteiger partial charge in [0, 0.05) is 12.2 Å². The topological polar surface area (TPSA) is 106 Å². The number of nitrogens with zero attached hydrogens (tertiary/aromatic N) is 3. The Morgan fingerprint density at radius 2 is 1.97 bits per heavy atom. The second kappa shape index (κ2) is 10.1. The van der Waals surface area contributed by atoms with Gasteiger partial charge in [-0.2, -0.15) is 0 Å². The van der Waals surface area contributed by atoms with Crippen LogP contribution in [0.5, 0.6) is 5.75 Å². The number of hydrogen-bond donors (Lipinski definition) is 2. The van der Waals surface area contributed by atoms with E-state index in [9.17, 15) is 14.0 Å². The van der Waals surface area contributed by atoms with Crippen molar-refractivity contribution in [2.75, 3.05) is 11.1 Å². The van der Waals surface area contributed by atoms with Crippen molar-refractivity contribution in [2.24, 2.45) is 0 Å². The molecule has 0 aliphatic heterocycles. The Labute approximate surface area is 182 Å². The van der Waals surface area contributed by atoms with E-state index >= 15 is 0 Å². The Bertz CT molecular complexity index is 1070. The summed E-state index contributed by atoms with van der Waals surface area (Å²) in [7, 11) is 0. The second-order valence-corrected chi connectivity index (χ2v) is 7.46. The number of carbonyl (C=O) groups is 2. The van der Waals surface area contributed by atoms with E-state index in [4.69, 9.17) is 9.84 Å². The van der Waals surface area contributed by atoms with Crippen LogP contribution in [0, 0.1) is 5.82 Å². The highest BCUT2D eigenvalue weighted by molar-refractivity contribution is 7.99. The minimum Gasteiger partial charge on any atom is -0.483 e. The van der Waals surface area contributed by atoms with E-state index in [2.05, 4.69) is 15.5 Å². The van der Waals surface area contributed by atoms with E-state index in [0.29, 0.717) is 29.0 Å². The molecular formula is C21H21FN4O4S. The maximum Gasteiger partial charge on any atom is 0.335 e. The van der Waals surface area contributed by atoms with E-state index in [1.807, 2.05) is 18.4 Å². The summed E-state index contributed by atoms with van der Waals surface area (Å²) in [4.78, 5) is 23.3. The van der Waals surface area contributed by atoms with Gasteiger partial charge in [0.2, 0.25) is 5.91 Å². The number of carboxylic acid groups (broad SMARTS) is 1. The number of ether oxygens (including phenoxy) is 1. The zero-order valence-electron chi connectivity index (χ0n) is 16.9. The summed E-state index contributed by atoms with van der Waals surface area (Å²) < 4.78 is 20.7. The maximum atomic E-state index is 13.1. The minimum atomic E-state index is -1.06. The maximum absolute atomic E-state index is 13.1. The summed E-state index contributed by atoms with van der Waals surface area (Å²) in [5.74, 6) is -0.534. The highest BCUT2D eigenvalue weighted by atomic mass is 32.2. The number of rotatable bonds is 9. The molecule has 1 heterocycles. The number of nitrogens with one attached hydrogen (secondary N) is 1. The predicted molar refractivity (Wildman–Crippen MR) is 114 cm³/mol. The number of halogens is 1. The third kappa shape index (κ3) is 5.82. The molecule has 0 radical (unpaired) electrons. The van der Waals surface area contributed by atoms with E-state index in [-0.39, 0.29) is 23.0 Å². The fourth-order valence-electron chi connectivity index (χ4n) is 2.83. The third-order valence-corrected chi connectivity index (χ3v) is 5.24. The molecule has 162 valence electrons. The molecule has 3 aromatic rings. The lowest BCUT2D eigenvalue weighted by Crippen LogP contribution is -2.15. The van der Waals surface area contributed by atoms with Gasteiger partial charge in [-0.3, -0.25) is 4.79 Å². The number of carbonyl (C=O) groups excluding carboxylic acids is 1. The van der Waals surface area contributed by atoms with Crippen LogP contribution in [0.2, 0.25) is 0 Å². The molecule has 8 nitrogen and oxygen atoms in total. The first-order valence-corrected chi connectivity index (χ1v) is 10.5. The standard InChI is InChI=1S/C21H21FN4O4S/c1-3-26-19(13(2)30-17-9-7-15(22)8-10-17)24-25-21(26)31-12-18(27)23-16-6-4-5-14(11-16)20(28)29/h4-11,13H,3,12H2,1-2H3,(H,23,27)(H,28,29). The number of benzene rings is 2. The lowest BCUT2D eigenvalue weighted by molar-refractivity contribution is -0.113. The van der Waals surface area contributed by atoms with Gasteiger partial charge in [0.15, 0.2) is 17.1 Å². The van der Waals surface area contributed by atoms with Gasteiger partial charge in [-0.1, -0.05) is 17.8 Å². The minimum absolute atomic E-state index is 0.0721. The van der Waals surface area contributed by atoms with Gasteiger partial charge in [0.1, 0.15) is 11.6 Å². The second-order valence-electron chi connectivity index (χ2n) is 6.52. The van der Waals surface area contributed by atoms with Gasteiger partial charge in [-0.15, -0.1) is 10.2 Å². The summed E-state index contributed by atoms with van der Waals surface area (Å²) in [5, 5.41) is 20.6. The highest BCUT2D eigenvalue weighted by Crippen LogP contribution is 2.25. The molecule has 1 aromatic heterocycles. The predicted octanol–water partition coefficient (Wildman–Crippen LogP) is 4.01. The van der Waals surface area contributed by atoms with Crippen molar-refractivity contribution in [3.05, 3.63) is 65.7 Å². The molecule has 0 aliphatic carbocycles. The van der Waals surface area contributed by atoms with E-state index < -0.39 is 12.1 Å². The molecule has 0 saturated heterocycles. The molecule has 1 atom stereocenters. The van der Waals surface area contributed by atoms with Crippen molar-refractivity contribution < 1.29 is 23.8 Å². The zero-order valence-corrected chi connectivity index (χ0v) is 17.7. The number of aromatic nitrogens is 3. The lowest BCUT2D eigenvalue weighted by atomic mass is 10.2. The fraction of sp³-hybridized carbons (Fsp3) is 0.238. The monoisotopic (exact) mass is 444 g/mol. The average Bonchev–Trinajstić information content (AvgIpc) is 3.17. The number of carboxylic acids is 1. The van der Waals surface area contributed by atoms with Crippen molar-refractivity contribution >= 4 is 29.3 Å². The first-order chi connectivity index (χ1) is 14.9. The van der Waals surface area contributed by atoms with E-state index in [1.54, 1.807) is 12.1 Å². The van der Waals surface area contributed by atoms with Crippen LogP contribution in [0.4, 0.5) is 10.1 Å². The number of amides is 1. The Morgan fingerprint density at radius 3 is 2.65 bits per heavy atom. The van der Waals surface area contributed by atoms with Crippen LogP contribution in [-0.2, 0) is 11.3 Å². The van der Waals surface area contributed by atoms with E-state index in [1.165, 1.54) is 48.2 Å². The SMILES string of the molecule is CCn1c(SCC(=O)Nc2cccc(C(=O)O)c2)nnc1C(C)Oc1ccc(F)cc1. The molecule has 1 amide bonds. The number of hydrogen-bond acceptors (Lipinski definition) is 6. The molecule has 2 N–H and O–H groups in total. The van der Waals surface area contributed by atoms with Crippen molar-refractivity contribution in [3.8, 4) is 5.75 Å². The van der Waals surface area contributed by atoms with Gasteiger partial charge in [0.25, 0.3) is 0 Å². The van der Waals surface area contributed by atoms with Crippen LogP contribution in [0.15, 0.2) is 53.7 Å². The largest absolute Gasteiger partial charge is 0.483 e. The molecule has 3 rings (SSSR count). The molecular weight excluding hydrogens is 423 g/mol. The van der Waals surface area contributed by atoms with Gasteiger partial charge >= 0.3 is 5.97 Å². The summed E-state index contributed by atoms with van der Waals surface area (Å²) in [5.41, 5.74) is 0.500. The molecule has 0 bridgehead atoms. The fourth-order valence-corrected chi connectivity index (χ4v) is 3.64. The smallest absolute Gasteiger partial charge is 0.335 e. The lowest BCUT2D eigenvalue weighted by Gasteiger charge is -2.15. The Balaban J connectivity index is 1.62. The van der Waals surface area contributed by atoms with Crippen LogP contribution in [0.25, 0.3) is 0 Å². The molecule has 0 fully saturated rings. The number of anilines is 1. The summed E-state index contributed by atoms with van der Waals surface area (Å²) >= 11 is 1.21. The zero-order chi connectivity index (χ0) is 22.4. The van der Waals surface area contributed by atoms with Crippen molar-refractivity contribution in [3.63, 3.8) is 0 Å². The molecule has 31 heavy (non-hydrogen) atoms. The van der Waals surface area contributed by atoms with Gasteiger partial charge < -0.3 is 19.7 Å². The van der Waals surface area contributed by atoms with Crippen molar-refractivity contribution in [2.45, 2.75) is 31.7 Å². The van der Waals surface area contributed by atoms with Crippen LogP contribution in [-0.4, -0.2) is 37.5 Å². The van der Waals surface area contributed by atoms with Gasteiger partial charge in [-0.25, -0.2) is 9.18 Å². The van der Waals surface area contributed by atoms with Crippen molar-refractivity contribution in [1.29, 1.82) is 0 Å². The first-order valence-electron chi connectivity index (χ1n) is 9.48. The average molecular weight is 444 g/mol. The summed E-state index contributed by atoms with van der Waals surface area (Å²) in [6, 6.07) is 11.7. The highest BCUT2D eigenvalue weighted by Gasteiger charge is 2.19. The normalized spacial score (nSPS) is 11.7. The molecule has 0 saturated carbocycles. The van der Waals surface area contributed by atoms with Crippen LogP contribution in [0.1, 0.15) is 36.1 Å².